The number of hydrogen-bond donors (Lipinski definition) is 1. The molecule has 2 aliphatic rings. The summed E-state index contributed by atoms with van der Waals surface area (Å²) >= 11 is 1.81. The third-order valence-corrected chi connectivity index (χ3v) is 5.29. The van der Waals surface area contributed by atoms with Gasteiger partial charge in [-0.15, -0.1) is 11.3 Å². The van der Waals surface area contributed by atoms with E-state index in [9.17, 15) is 5.11 Å². The van der Waals surface area contributed by atoms with Gasteiger partial charge >= 0.3 is 0 Å². The summed E-state index contributed by atoms with van der Waals surface area (Å²) in [6.45, 7) is 3.66. The predicted molar refractivity (Wildman–Crippen MR) is 83.7 cm³/mol. The molecule has 118 valence electrons. The highest BCUT2D eigenvalue weighted by Gasteiger charge is 2.28. The lowest BCUT2D eigenvalue weighted by Gasteiger charge is -2.26. The minimum atomic E-state index is -0.410. The van der Waals surface area contributed by atoms with Crippen molar-refractivity contribution in [1.29, 1.82) is 0 Å². The number of aliphatic hydroxyl groups is 1. The lowest BCUT2D eigenvalue weighted by molar-refractivity contribution is -0.0260. The summed E-state index contributed by atoms with van der Waals surface area (Å²) in [5.74, 6) is 0. The van der Waals surface area contributed by atoms with E-state index in [0.29, 0.717) is 25.8 Å². The van der Waals surface area contributed by atoms with Gasteiger partial charge in [0.1, 0.15) is 0 Å². The van der Waals surface area contributed by atoms with Gasteiger partial charge in [-0.1, -0.05) is 6.07 Å². The van der Waals surface area contributed by atoms with Crippen LogP contribution in [0.4, 0.5) is 0 Å². The van der Waals surface area contributed by atoms with E-state index in [1.807, 2.05) is 11.3 Å². The van der Waals surface area contributed by atoms with Crippen LogP contribution in [0.25, 0.3) is 0 Å². The molecule has 0 radical (unpaired) electrons. The summed E-state index contributed by atoms with van der Waals surface area (Å²) in [4.78, 5) is 3.81. The van der Waals surface area contributed by atoms with Crippen molar-refractivity contribution in [2.45, 2.75) is 43.9 Å². The normalized spacial score (nSPS) is 28.2. The summed E-state index contributed by atoms with van der Waals surface area (Å²) < 4.78 is 11.1. The molecule has 2 aliphatic heterocycles. The number of aliphatic hydroxyl groups excluding tert-OH is 1. The number of rotatable bonds is 7. The zero-order valence-corrected chi connectivity index (χ0v) is 13.3. The molecule has 1 aromatic rings. The van der Waals surface area contributed by atoms with Crippen LogP contribution in [0.5, 0.6) is 0 Å². The standard InChI is InChI=1S/C16H25NO3S/c18-13(11-19-12-14-4-2-8-20-14)10-17-7-1-5-15(17)16-6-3-9-21-16/h3,6,9,13-15,18H,1-2,4-5,7-8,10-12H2. The maximum Gasteiger partial charge on any atom is 0.0900 e. The molecule has 2 fully saturated rings. The van der Waals surface area contributed by atoms with Gasteiger partial charge < -0.3 is 14.6 Å². The van der Waals surface area contributed by atoms with Gasteiger partial charge in [-0.05, 0) is 43.7 Å². The highest BCUT2D eigenvalue weighted by molar-refractivity contribution is 7.10. The predicted octanol–water partition coefficient (Wildman–Crippen LogP) is 2.44. The average molecular weight is 311 g/mol. The molecule has 0 saturated carbocycles. The van der Waals surface area contributed by atoms with Gasteiger partial charge in [0.05, 0.1) is 25.4 Å². The highest BCUT2D eigenvalue weighted by atomic mass is 32.1. The van der Waals surface area contributed by atoms with Crippen LogP contribution in [-0.4, -0.2) is 55.1 Å². The number of thiophene rings is 1. The highest BCUT2D eigenvalue weighted by Crippen LogP contribution is 2.34. The number of likely N-dealkylation sites (tertiary alicyclic amines) is 1. The van der Waals surface area contributed by atoms with Crippen LogP contribution in [0, 0.1) is 0 Å². The largest absolute Gasteiger partial charge is 0.389 e. The van der Waals surface area contributed by atoms with E-state index in [4.69, 9.17) is 9.47 Å². The zero-order valence-electron chi connectivity index (χ0n) is 12.4. The van der Waals surface area contributed by atoms with Crippen molar-refractivity contribution in [2.24, 2.45) is 0 Å². The Morgan fingerprint density at radius 2 is 2.38 bits per heavy atom. The maximum atomic E-state index is 10.2. The van der Waals surface area contributed by atoms with E-state index < -0.39 is 6.10 Å². The lowest BCUT2D eigenvalue weighted by atomic mass is 10.2. The Labute approximate surface area is 130 Å². The minimum absolute atomic E-state index is 0.239. The molecule has 3 rings (SSSR count). The van der Waals surface area contributed by atoms with Crippen LogP contribution in [0.2, 0.25) is 0 Å². The molecular formula is C16H25NO3S. The van der Waals surface area contributed by atoms with Gasteiger partial charge in [0.15, 0.2) is 0 Å². The SMILES string of the molecule is OC(COCC1CCCO1)CN1CCCC1c1cccs1. The van der Waals surface area contributed by atoms with Gasteiger partial charge in [0, 0.05) is 24.1 Å². The first-order chi connectivity index (χ1) is 10.3. The van der Waals surface area contributed by atoms with Crippen molar-refractivity contribution in [3.63, 3.8) is 0 Å². The van der Waals surface area contributed by atoms with E-state index in [1.165, 1.54) is 17.7 Å². The molecule has 0 spiro atoms. The van der Waals surface area contributed by atoms with Gasteiger partial charge in [0.25, 0.3) is 0 Å². The first-order valence-electron chi connectivity index (χ1n) is 7.98. The van der Waals surface area contributed by atoms with Crippen molar-refractivity contribution >= 4 is 11.3 Å². The van der Waals surface area contributed by atoms with Crippen molar-refractivity contribution in [3.8, 4) is 0 Å². The molecule has 3 unspecified atom stereocenters. The molecule has 0 bridgehead atoms. The molecule has 0 aliphatic carbocycles. The van der Waals surface area contributed by atoms with E-state index in [2.05, 4.69) is 22.4 Å². The summed E-state index contributed by atoms with van der Waals surface area (Å²) in [7, 11) is 0. The fraction of sp³-hybridized carbons (Fsp3) is 0.750. The third-order valence-electron chi connectivity index (χ3n) is 4.32. The van der Waals surface area contributed by atoms with Crippen molar-refractivity contribution in [1.82, 2.24) is 4.90 Å². The smallest absolute Gasteiger partial charge is 0.0900 e. The monoisotopic (exact) mass is 311 g/mol. The molecule has 0 amide bonds. The lowest BCUT2D eigenvalue weighted by Crippen LogP contribution is -2.35. The molecule has 21 heavy (non-hydrogen) atoms. The Morgan fingerprint density at radius 3 is 3.14 bits per heavy atom. The fourth-order valence-corrected chi connectivity index (χ4v) is 4.18. The van der Waals surface area contributed by atoms with Gasteiger partial charge in [0.2, 0.25) is 0 Å². The Bertz CT molecular complexity index is 406. The molecule has 0 aromatic carbocycles. The second-order valence-electron chi connectivity index (χ2n) is 5.99. The van der Waals surface area contributed by atoms with E-state index in [0.717, 1.165) is 26.0 Å². The van der Waals surface area contributed by atoms with Crippen LogP contribution in [0.3, 0.4) is 0 Å². The Balaban J connectivity index is 1.40. The zero-order chi connectivity index (χ0) is 14.5. The van der Waals surface area contributed by atoms with Gasteiger partial charge in [-0.2, -0.15) is 0 Å². The molecule has 2 saturated heterocycles. The average Bonchev–Trinajstić information content (AvgIpc) is 3.20. The quantitative estimate of drug-likeness (QED) is 0.840. The molecular weight excluding hydrogens is 286 g/mol. The number of ether oxygens (including phenoxy) is 2. The van der Waals surface area contributed by atoms with Crippen molar-refractivity contribution in [2.75, 3.05) is 32.9 Å². The summed E-state index contributed by atoms with van der Waals surface area (Å²) in [5, 5.41) is 12.3. The first kappa shape index (κ1) is 15.4. The first-order valence-corrected chi connectivity index (χ1v) is 8.86. The molecule has 4 nitrogen and oxygen atoms in total. The van der Waals surface area contributed by atoms with Crippen molar-refractivity contribution < 1.29 is 14.6 Å². The van der Waals surface area contributed by atoms with Crippen LogP contribution >= 0.6 is 11.3 Å². The Hall–Kier alpha value is -0.460. The summed E-state index contributed by atoms with van der Waals surface area (Å²) in [6, 6.07) is 4.80. The summed E-state index contributed by atoms with van der Waals surface area (Å²) in [5.41, 5.74) is 0. The van der Waals surface area contributed by atoms with Crippen LogP contribution in [0.15, 0.2) is 17.5 Å². The number of hydrogen-bond acceptors (Lipinski definition) is 5. The van der Waals surface area contributed by atoms with E-state index in [-0.39, 0.29) is 6.10 Å². The number of nitrogens with zero attached hydrogens (tertiary/aromatic N) is 1. The second-order valence-corrected chi connectivity index (χ2v) is 6.97. The van der Waals surface area contributed by atoms with Crippen LogP contribution in [-0.2, 0) is 9.47 Å². The molecule has 1 N–H and O–H groups in total. The molecule has 3 atom stereocenters. The third kappa shape index (κ3) is 4.27. The fourth-order valence-electron chi connectivity index (χ4n) is 3.28. The van der Waals surface area contributed by atoms with E-state index >= 15 is 0 Å². The molecule has 1 aromatic heterocycles. The van der Waals surface area contributed by atoms with Crippen molar-refractivity contribution in [3.05, 3.63) is 22.4 Å². The minimum Gasteiger partial charge on any atom is -0.389 e. The van der Waals surface area contributed by atoms with E-state index in [1.54, 1.807) is 0 Å². The topological polar surface area (TPSA) is 41.9 Å². The Morgan fingerprint density at radius 1 is 1.43 bits per heavy atom. The maximum absolute atomic E-state index is 10.2. The molecule has 5 heteroatoms. The number of β-amino-alcohol motifs (C(OH)–C–C–N with tert-alkyl or cyclic N) is 1. The second kappa shape index (κ2) is 7.70. The van der Waals surface area contributed by atoms with Gasteiger partial charge in [-0.3, -0.25) is 4.90 Å². The van der Waals surface area contributed by atoms with Crippen LogP contribution in [0.1, 0.15) is 36.6 Å². The summed E-state index contributed by atoms with van der Waals surface area (Å²) in [6.07, 6.45) is 4.46. The molecule has 3 heterocycles. The Kier molecular flexibility index (Phi) is 5.66. The van der Waals surface area contributed by atoms with Gasteiger partial charge in [-0.25, -0.2) is 0 Å². The van der Waals surface area contributed by atoms with Crippen LogP contribution < -0.4 is 0 Å².